The van der Waals surface area contributed by atoms with Gasteiger partial charge in [0.2, 0.25) is 0 Å². The van der Waals surface area contributed by atoms with Gasteiger partial charge in [0.05, 0.1) is 0 Å². The highest BCUT2D eigenvalue weighted by atomic mass is 32.2. The van der Waals surface area contributed by atoms with Gasteiger partial charge >= 0.3 is 5.97 Å². The normalized spacial score (nSPS) is 11.1. The average molecular weight is 411 g/mol. The number of nitrogens with one attached hydrogen (secondary N) is 2. The molecule has 7 nitrogen and oxygen atoms in total. The molecule has 0 aromatic heterocycles. The molecule has 2 aromatic carbocycles. The minimum Gasteiger partial charge on any atom is -0.454 e. The second kappa shape index (κ2) is 10.3. The molecule has 0 saturated heterocycles. The van der Waals surface area contributed by atoms with E-state index in [-0.39, 0.29) is 0 Å². The van der Waals surface area contributed by atoms with Gasteiger partial charge in [-0.1, -0.05) is 18.2 Å². The molecule has 0 aliphatic heterocycles. The molecular weight excluding hydrogens is 390 g/mol. The standard InChI is InChI=1S/C21H21N3O4S/c1-13-9-17(29-12-22)10-14(2)19(13)24-18(25)11-28-21(27)15(3)23-20(26)16-7-5-4-6-8-16/h4-10,15H,11H2,1-3H3,(H,23,26)(H,24,25)/t15-/m0/s1. The van der Waals surface area contributed by atoms with E-state index in [4.69, 9.17) is 10.00 Å². The van der Waals surface area contributed by atoms with Gasteiger partial charge in [0.1, 0.15) is 11.4 Å². The molecule has 0 saturated carbocycles. The molecule has 0 heterocycles. The van der Waals surface area contributed by atoms with Crippen LogP contribution in [0.5, 0.6) is 0 Å². The van der Waals surface area contributed by atoms with E-state index in [1.807, 2.05) is 19.2 Å². The summed E-state index contributed by atoms with van der Waals surface area (Å²) in [6.45, 7) is 4.65. The van der Waals surface area contributed by atoms with E-state index in [0.717, 1.165) is 27.8 Å². The second-order valence-corrected chi connectivity index (χ2v) is 7.20. The van der Waals surface area contributed by atoms with Crippen LogP contribution in [-0.2, 0) is 14.3 Å². The summed E-state index contributed by atoms with van der Waals surface area (Å²) >= 11 is 1.04. The van der Waals surface area contributed by atoms with Crippen molar-refractivity contribution < 1.29 is 19.1 Å². The first-order valence-corrected chi connectivity index (χ1v) is 9.63. The van der Waals surface area contributed by atoms with Crippen molar-refractivity contribution in [1.82, 2.24) is 5.32 Å². The van der Waals surface area contributed by atoms with E-state index < -0.39 is 30.4 Å². The number of thioether (sulfide) groups is 1. The van der Waals surface area contributed by atoms with Crippen molar-refractivity contribution in [3.63, 3.8) is 0 Å². The van der Waals surface area contributed by atoms with E-state index in [9.17, 15) is 14.4 Å². The number of ether oxygens (including phenoxy) is 1. The third-order valence-corrected chi connectivity index (χ3v) is 4.58. The Morgan fingerprint density at radius 3 is 2.34 bits per heavy atom. The van der Waals surface area contributed by atoms with Crippen LogP contribution in [0.15, 0.2) is 47.4 Å². The van der Waals surface area contributed by atoms with Gasteiger partial charge in [-0.05, 0) is 67.9 Å². The monoisotopic (exact) mass is 411 g/mol. The van der Waals surface area contributed by atoms with Crippen LogP contribution in [0.1, 0.15) is 28.4 Å². The number of carbonyl (C=O) groups is 3. The number of benzene rings is 2. The minimum absolute atomic E-state index is 0.402. The lowest BCUT2D eigenvalue weighted by Gasteiger charge is -2.15. The predicted octanol–water partition coefficient (Wildman–Crippen LogP) is 3.18. The van der Waals surface area contributed by atoms with E-state index >= 15 is 0 Å². The minimum atomic E-state index is -0.902. The SMILES string of the molecule is Cc1cc(SC#N)cc(C)c1NC(=O)COC(=O)[C@H](C)NC(=O)c1ccccc1. The van der Waals surface area contributed by atoms with Crippen LogP contribution in [0.3, 0.4) is 0 Å². The van der Waals surface area contributed by atoms with Crippen LogP contribution in [0.2, 0.25) is 0 Å². The Balaban J connectivity index is 1.88. The highest BCUT2D eigenvalue weighted by molar-refractivity contribution is 8.03. The van der Waals surface area contributed by atoms with Crippen molar-refractivity contribution in [2.24, 2.45) is 0 Å². The Labute approximate surface area is 173 Å². The van der Waals surface area contributed by atoms with Crippen molar-refractivity contribution in [1.29, 1.82) is 5.26 Å². The van der Waals surface area contributed by atoms with E-state index in [2.05, 4.69) is 10.6 Å². The molecule has 2 rings (SSSR count). The average Bonchev–Trinajstić information content (AvgIpc) is 2.69. The zero-order valence-electron chi connectivity index (χ0n) is 16.3. The molecule has 0 fully saturated rings. The number of rotatable bonds is 7. The van der Waals surface area contributed by atoms with Crippen LogP contribution >= 0.6 is 11.8 Å². The van der Waals surface area contributed by atoms with Gasteiger partial charge in [0.25, 0.3) is 11.8 Å². The van der Waals surface area contributed by atoms with Crippen LogP contribution < -0.4 is 10.6 Å². The largest absolute Gasteiger partial charge is 0.454 e. The Kier molecular flexibility index (Phi) is 7.80. The van der Waals surface area contributed by atoms with E-state index in [1.54, 1.807) is 42.5 Å². The van der Waals surface area contributed by atoms with E-state index in [0.29, 0.717) is 11.3 Å². The number of hydrogen-bond donors (Lipinski definition) is 2. The molecule has 0 unspecified atom stereocenters. The molecule has 0 aliphatic rings. The van der Waals surface area contributed by atoms with Gasteiger partial charge in [0.15, 0.2) is 6.61 Å². The number of esters is 1. The van der Waals surface area contributed by atoms with Crippen molar-refractivity contribution in [3.05, 3.63) is 59.2 Å². The summed E-state index contributed by atoms with van der Waals surface area (Å²) in [6.07, 6.45) is 0. The zero-order chi connectivity index (χ0) is 21.4. The number of thiocyanates is 1. The summed E-state index contributed by atoms with van der Waals surface area (Å²) in [6, 6.07) is 11.2. The summed E-state index contributed by atoms with van der Waals surface area (Å²) in [5, 5.41) is 16.0. The molecule has 2 aromatic rings. The maximum atomic E-state index is 12.2. The van der Waals surface area contributed by atoms with Crippen LogP contribution in [0.25, 0.3) is 0 Å². The first kappa shape index (κ1) is 22.0. The molecule has 0 aliphatic carbocycles. The molecule has 2 amide bonds. The molecule has 8 heteroatoms. The molecule has 29 heavy (non-hydrogen) atoms. The first-order chi connectivity index (χ1) is 13.8. The van der Waals surface area contributed by atoms with Gasteiger partial charge in [-0.2, -0.15) is 5.26 Å². The maximum absolute atomic E-state index is 12.2. The first-order valence-electron chi connectivity index (χ1n) is 8.81. The molecule has 150 valence electrons. The van der Waals surface area contributed by atoms with Crippen molar-refractivity contribution >= 4 is 35.2 Å². The van der Waals surface area contributed by atoms with Gasteiger partial charge in [-0.25, -0.2) is 4.79 Å². The molecule has 0 radical (unpaired) electrons. The van der Waals surface area contributed by atoms with Crippen LogP contribution in [0.4, 0.5) is 5.69 Å². The molecule has 0 spiro atoms. The number of carbonyl (C=O) groups excluding carboxylic acids is 3. The Hall–Kier alpha value is -3.31. The number of hydrogen-bond acceptors (Lipinski definition) is 6. The molecule has 0 bridgehead atoms. The third kappa shape index (κ3) is 6.36. The Morgan fingerprint density at radius 2 is 1.76 bits per heavy atom. The van der Waals surface area contributed by atoms with Crippen LogP contribution in [-0.4, -0.2) is 30.4 Å². The maximum Gasteiger partial charge on any atom is 0.328 e. The van der Waals surface area contributed by atoms with Gasteiger partial charge in [-0.15, -0.1) is 0 Å². The number of nitrogens with zero attached hydrogens (tertiary/aromatic N) is 1. The smallest absolute Gasteiger partial charge is 0.328 e. The molecule has 1 atom stereocenters. The fourth-order valence-corrected chi connectivity index (χ4v) is 3.18. The lowest BCUT2D eigenvalue weighted by molar-refractivity contribution is -0.148. The summed E-state index contributed by atoms with van der Waals surface area (Å²) in [5.41, 5.74) is 2.63. The van der Waals surface area contributed by atoms with Crippen molar-refractivity contribution in [2.45, 2.75) is 31.7 Å². The van der Waals surface area contributed by atoms with Gasteiger partial charge in [0, 0.05) is 16.1 Å². The molecule has 2 N–H and O–H groups in total. The number of nitriles is 1. The topological polar surface area (TPSA) is 108 Å². The lowest BCUT2D eigenvalue weighted by atomic mass is 10.1. The fourth-order valence-electron chi connectivity index (χ4n) is 2.60. The van der Waals surface area contributed by atoms with Gasteiger partial charge in [-0.3, -0.25) is 9.59 Å². The van der Waals surface area contributed by atoms with E-state index in [1.165, 1.54) is 6.92 Å². The van der Waals surface area contributed by atoms with Gasteiger partial charge < -0.3 is 15.4 Å². The highest BCUT2D eigenvalue weighted by Crippen LogP contribution is 2.27. The quantitative estimate of drug-likeness (QED) is 0.412. The van der Waals surface area contributed by atoms with Crippen molar-refractivity contribution in [3.8, 4) is 5.40 Å². The molecular formula is C21H21N3O4S. The zero-order valence-corrected chi connectivity index (χ0v) is 17.1. The summed E-state index contributed by atoms with van der Waals surface area (Å²) in [5.74, 6) is -1.61. The Morgan fingerprint density at radius 1 is 1.14 bits per heavy atom. The lowest BCUT2D eigenvalue weighted by Crippen LogP contribution is -2.40. The van der Waals surface area contributed by atoms with Crippen molar-refractivity contribution in [2.75, 3.05) is 11.9 Å². The Bertz CT molecular complexity index is 931. The predicted molar refractivity (Wildman–Crippen MR) is 110 cm³/mol. The van der Waals surface area contributed by atoms with Crippen LogP contribution in [0, 0.1) is 24.5 Å². The number of amides is 2. The fraction of sp³-hybridized carbons (Fsp3) is 0.238. The highest BCUT2D eigenvalue weighted by Gasteiger charge is 2.19. The summed E-state index contributed by atoms with van der Waals surface area (Å²) in [7, 11) is 0. The summed E-state index contributed by atoms with van der Waals surface area (Å²) < 4.78 is 5.00. The number of anilines is 1. The second-order valence-electron chi connectivity index (χ2n) is 6.34. The summed E-state index contributed by atoms with van der Waals surface area (Å²) in [4.78, 5) is 37.1. The number of aryl methyl sites for hydroxylation is 2. The third-order valence-electron chi connectivity index (χ3n) is 4.02.